The number of hydrogen-bond acceptors (Lipinski definition) is 5. The highest BCUT2D eigenvalue weighted by Gasteiger charge is 2.35. The number of carbonyl (C=O) groups is 2. The van der Waals surface area contributed by atoms with Gasteiger partial charge >= 0.3 is 5.97 Å². The zero-order valence-electron chi connectivity index (χ0n) is 13.4. The van der Waals surface area contributed by atoms with Gasteiger partial charge in [0.1, 0.15) is 6.54 Å². The second-order valence-electron chi connectivity index (χ2n) is 5.92. The summed E-state index contributed by atoms with van der Waals surface area (Å²) in [6.07, 6.45) is 1.28. The number of benzene rings is 1. The van der Waals surface area contributed by atoms with Gasteiger partial charge in [-0.3, -0.25) is 9.59 Å². The normalized spacial score (nSPS) is 20.8. The molecule has 1 amide bonds. The van der Waals surface area contributed by atoms with E-state index in [1.54, 1.807) is 11.8 Å². The third kappa shape index (κ3) is 3.27. The van der Waals surface area contributed by atoms with Crippen molar-refractivity contribution in [1.29, 1.82) is 0 Å². The number of aliphatic carboxylic acids is 1. The highest BCUT2D eigenvalue weighted by molar-refractivity contribution is 5.78. The largest absolute Gasteiger partial charge is 0.481 e. The Balaban J connectivity index is 1.69. The lowest BCUT2D eigenvalue weighted by atomic mass is 9.90. The van der Waals surface area contributed by atoms with Crippen LogP contribution in [0.3, 0.4) is 0 Å². The van der Waals surface area contributed by atoms with Crippen molar-refractivity contribution in [2.24, 2.45) is 5.92 Å². The van der Waals surface area contributed by atoms with E-state index in [1.807, 2.05) is 30.3 Å². The Bertz CT molecular complexity index is 730. The summed E-state index contributed by atoms with van der Waals surface area (Å²) in [7, 11) is 0. The number of nitrogens with zero attached hydrogens (tertiary/aromatic N) is 5. The molecular formula is C16H19N5O3. The van der Waals surface area contributed by atoms with Crippen LogP contribution in [0.2, 0.25) is 0 Å². The zero-order chi connectivity index (χ0) is 17.1. The summed E-state index contributed by atoms with van der Waals surface area (Å²) in [5.74, 6) is -1.11. The Morgan fingerprint density at radius 3 is 2.75 bits per heavy atom. The Kier molecular flexibility index (Phi) is 4.54. The number of rotatable bonds is 4. The van der Waals surface area contributed by atoms with Crippen molar-refractivity contribution in [3.63, 3.8) is 0 Å². The first kappa shape index (κ1) is 16.1. The molecule has 2 atom stereocenters. The van der Waals surface area contributed by atoms with Gasteiger partial charge in [-0.2, -0.15) is 4.80 Å². The SMILES string of the molecule is C[C@@H]1[C@H](C(=O)O)CCCN1C(=O)Cn1nnc(-c2ccccc2)n1. The van der Waals surface area contributed by atoms with Crippen LogP contribution in [0.15, 0.2) is 30.3 Å². The highest BCUT2D eigenvalue weighted by atomic mass is 16.4. The second-order valence-corrected chi connectivity index (χ2v) is 5.92. The molecule has 0 saturated carbocycles. The van der Waals surface area contributed by atoms with Crippen LogP contribution >= 0.6 is 0 Å². The van der Waals surface area contributed by atoms with Gasteiger partial charge < -0.3 is 10.0 Å². The molecule has 0 unspecified atom stereocenters. The number of aromatic nitrogens is 4. The Morgan fingerprint density at radius 1 is 1.29 bits per heavy atom. The molecule has 1 N–H and O–H groups in total. The van der Waals surface area contributed by atoms with E-state index >= 15 is 0 Å². The van der Waals surface area contributed by atoms with Gasteiger partial charge in [-0.05, 0) is 25.0 Å². The van der Waals surface area contributed by atoms with Crippen LogP contribution in [0.4, 0.5) is 0 Å². The maximum Gasteiger partial charge on any atom is 0.308 e. The number of piperidine rings is 1. The third-order valence-corrected chi connectivity index (χ3v) is 4.39. The fourth-order valence-corrected chi connectivity index (χ4v) is 3.05. The lowest BCUT2D eigenvalue weighted by Gasteiger charge is -2.37. The summed E-state index contributed by atoms with van der Waals surface area (Å²) in [4.78, 5) is 26.6. The molecule has 0 aliphatic carbocycles. The average Bonchev–Trinajstić information content (AvgIpc) is 3.04. The number of hydrogen-bond donors (Lipinski definition) is 1. The van der Waals surface area contributed by atoms with Crippen LogP contribution in [0.5, 0.6) is 0 Å². The van der Waals surface area contributed by atoms with Crippen molar-refractivity contribution < 1.29 is 14.7 Å². The molecule has 1 aliphatic rings. The van der Waals surface area contributed by atoms with Gasteiger partial charge in [0, 0.05) is 18.2 Å². The van der Waals surface area contributed by atoms with Crippen molar-refractivity contribution in [2.75, 3.05) is 6.54 Å². The van der Waals surface area contributed by atoms with Crippen LogP contribution in [0, 0.1) is 5.92 Å². The van der Waals surface area contributed by atoms with E-state index in [2.05, 4.69) is 15.4 Å². The number of carboxylic acid groups (broad SMARTS) is 1. The van der Waals surface area contributed by atoms with Gasteiger partial charge in [0.25, 0.3) is 0 Å². The Morgan fingerprint density at radius 2 is 2.04 bits per heavy atom. The lowest BCUT2D eigenvalue weighted by molar-refractivity contribution is -0.149. The van der Waals surface area contributed by atoms with Crippen molar-refractivity contribution in [3.8, 4) is 11.4 Å². The fourth-order valence-electron chi connectivity index (χ4n) is 3.05. The summed E-state index contributed by atoms with van der Waals surface area (Å²) in [5.41, 5.74) is 0.827. The molecule has 2 aromatic rings. The number of carbonyl (C=O) groups excluding carboxylic acids is 1. The molecule has 1 aromatic carbocycles. The maximum atomic E-state index is 12.5. The van der Waals surface area contributed by atoms with Gasteiger partial charge in [0.15, 0.2) is 0 Å². The van der Waals surface area contributed by atoms with E-state index in [4.69, 9.17) is 0 Å². The molecule has 3 rings (SSSR count). The van der Waals surface area contributed by atoms with Crippen LogP contribution in [0.25, 0.3) is 11.4 Å². The van der Waals surface area contributed by atoms with Crippen LogP contribution < -0.4 is 0 Å². The number of amides is 1. The predicted molar refractivity (Wildman–Crippen MR) is 84.8 cm³/mol. The van der Waals surface area contributed by atoms with Gasteiger partial charge in [-0.25, -0.2) is 0 Å². The first-order chi connectivity index (χ1) is 11.6. The summed E-state index contributed by atoms with van der Waals surface area (Å²) in [5, 5.41) is 21.4. The van der Waals surface area contributed by atoms with E-state index in [1.165, 1.54) is 4.80 Å². The molecule has 8 nitrogen and oxygen atoms in total. The van der Waals surface area contributed by atoms with E-state index in [0.29, 0.717) is 25.2 Å². The first-order valence-electron chi connectivity index (χ1n) is 7.92. The predicted octanol–water partition coefficient (Wildman–Crippen LogP) is 1.05. The number of likely N-dealkylation sites (tertiary alicyclic amines) is 1. The van der Waals surface area contributed by atoms with E-state index < -0.39 is 11.9 Å². The summed E-state index contributed by atoms with van der Waals surface area (Å²) in [6, 6.07) is 9.06. The van der Waals surface area contributed by atoms with Crippen molar-refractivity contribution >= 4 is 11.9 Å². The van der Waals surface area contributed by atoms with Gasteiger partial charge in [0.05, 0.1) is 5.92 Å². The molecule has 1 saturated heterocycles. The second kappa shape index (κ2) is 6.77. The number of tetrazole rings is 1. The van der Waals surface area contributed by atoms with Crippen molar-refractivity contribution in [1.82, 2.24) is 25.1 Å². The van der Waals surface area contributed by atoms with Gasteiger partial charge in [-0.1, -0.05) is 30.3 Å². The maximum absolute atomic E-state index is 12.5. The monoisotopic (exact) mass is 329 g/mol. The minimum atomic E-state index is -0.856. The molecule has 126 valence electrons. The molecule has 24 heavy (non-hydrogen) atoms. The smallest absolute Gasteiger partial charge is 0.308 e. The van der Waals surface area contributed by atoms with E-state index in [9.17, 15) is 14.7 Å². The fraction of sp³-hybridized carbons (Fsp3) is 0.438. The highest BCUT2D eigenvalue weighted by Crippen LogP contribution is 2.24. The Hall–Kier alpha value is -2.77. The lowest BCUT2D eigenvalue weighted by Crippen LogP contribution is -2.50. The minimum Gasteiger partial charge on any atom is -0.481 e. The molecule has 1 aliphatic heterocycles. The topological polar surface area (TPSA) is 101 Å². The van der Waals surface area contributed by atoms with E-state index in [0.717, 1.165) is 5.56 Å². The number of carboxylic acids is 1. The molecule has 8 heteroatoms. The molecule has 1 fully saturated rings. The minimum absolute atomic E-state index is 0.0451. The molecule has 2 heterocycles. The standard InChI is InChI=1S/C16H19N5O3/c1-11-13(16(23)24)8-5-9-20(11)14(22)10-21-18-15(17-19-21)12-6-3-2-4-7-12/h2-4,6-7,11,13H,5,8-10H2,1H3,(H,23,24)/t11-,13-/m1/s1. The van der Waals surface area contributed by atoms with Crippen molar-refractivity contribution in [2.45, 2.75) is 32.4 Å². The molecule has 0 spiro atoms. The van der Waals surface area contributed by atoms with Crippen LogP contribution in [-0.4, -0.2) is 54.7 Å². The summed E-state index contributed by atoms with van der Waals surface area (Å²) in [6.45, 7) is 2.29. The zero-order valence-corrected chi connectivity index (χ0v) is 13.4. The quantitative estimate of drug-likeness (QED) is 0.900. The summed E-state index contributed by atoms with van der Waals surface area (Å²) >= 11 is 0. The van der Waals surface area contributed by atoms with E-state index in [-0.39, 0.29) is 18.5 Å². The third-order valence-electron chi connectivity index (χ3n) is 4.39. The molecular weight excluding hydrogens is 310 g/mol. The molecule has 1 aromatic heterocycles. The van der Waals surface area contributed by atoms with Crippen LogP contribution in [0.1, 0.15) is 19.8 Å². The van der Waals surface area contributed by atoms with Crippen LogP contribution in [-0.2, 0) is 16.1 Å². The average molecular weight is 329 g/mol. The summed E-state index contributed by atoms with van der Waals surface area (Å²) < 4.78 is 0. The molecule has 0 bridgehead atoms. The molecule has 0 radical (unpaired) electrons. The van der Waals surface area contributed by atoms with Crippen molar-refractivity contribution in [3.05, 3.63) is 30.3 Å². The van der Waals surface area contributed by atoms with Gasteiger partial charge in [-0.15, -0.1) is 10.2 Å². The Labute approximate surface area is 139 Å². The van der Waals surface area contributed by atoms with Gasteiger partial charge in [0.2, 0.25) is 11.7 Å². The first-order valence-corrected chi connectivity index (χ1v) is 7.92.